The quantitative estimate of drug-likeness (QED) is 0.915. The van der Waals surface area contributed by atoms with Gasteiger partial charge in [-0.3, -0.25) is 0 Å². The highest BCUT2D eigenvalue weighted by molar-refractivity contribution is 5.48. The molecular formula is C14H16FN3O. The second-order valence-electron chi connectivity index (χ2n) is 4.20. The molecule has 0 amide bonds. The molecule has 19 heavy (non-hydrogen) atoms. The fourth-order valence-electron chi connectivity index (χ4n) is 1.63. The Labute approximate surface area is 111 Å². The minimum atomic E-state index is -0.295. The molecule has 0 aliphatic rings. The highest BCUT2D eigenvalue weighted by atomic mass is 19.1. The van der Waals surface area contributed by atoms with Gasteiger partial charge in [-0.05, 0) is 32.4 Å². The van der Waals surface area contributed by atoms with Crippen molar-refractivity contribution < 1.29 is 9.13 Å². The van der Waals surface area contributed by atoms with Gasteiger partial charge in [0.05, 0.1) is 5.56 Å². The Hall–Kier alpha value is -2.17. The molecule has 1 heterocycles. The first-order chi connectivity index (χ1) is 9.11. The zero-order valence-corrected chi connectivity index (χ0v) is 11.2. The molecular weight excluding hydrogens is 245 g/mol. The van der Waals surface area contributed by atoms with Crippen molar-refractivity contribution in [3.8, 4) is 11.6 Å². The molecule has 0 fully saturated rings. The predicted octanol–water partition coefficient (Wildman–Crippen LogP) is 3.46. The number of hydrogen-bond acceptors (Lipinski definition) is 4. The topological polar surface area (TPSA) is 47.0 Å². The van der Waals surface area contributed by atoms with Crippen molar-refractivity contribution >= 4 is 5.82 Å². The van der Waals surface area contributed by atoms with E-state index in [1.54, 1.807) is 19.1 Å². The van der Waals surface area contributed by atoms with E-state index >= 15 is 0 Å². The molecule has 1 aromatic heterocycles. The molecule has 1 N–H and O–H groups in total. The van der Waals surface area contributed by atoms with Crippen LogP contribution in [0.1, 0.15) is 18.1 Å². The molecule has 0 atom stereocenters. The van der Waals surface area contributed by atoms with Crippen molar-refractivity contribution in [3.63, 3.8) is 0 Å². The molecule has 0 aliphatic heterocycles. The van der Waals surface area contributed by atoms with E-state index in [-0.39, 0.29) is 5.82 Å². The maximum absolute atomic E-state index is 13.5. The van der Waals surface area contributed by atoms with Crippen LogP contribution in [-0.2, 0) is 0 Å². The first kappa shape index (κ1) is 13.3. The number of hydrogen-bond donors (Lipinski definition) is 1. The predicted molar refractivity (Wildman–Crippen MR) is 72.1 cm³/mol. The lowest BCUT2D eigenvalue weighted by molar-refractivity contribution is 0.452. The third-order valence-corrected chi connectivity index (χ3v) is 2.74. The van der Waals surface area contributed by atoms with Crippen LogP contribution in [0.5, 0.6) is 11.6 Å². The van der Waals surface area contributed by atoms with E-state index in [1.165, 1.54) is 12.4 Å². The lowest BCUT2D eigenvalue weighted by Gasteiger charge is -2.11. The Balaban J connectivity index is 2.27. The van der Waals surface area contributed by atoms with Crippen LogP contribution < -0.4 is 10.1 Å². The van der Waals surface area contributed by atoms with Crippen molar-refractivity contribution in [2.45, 2.75) is 20.8 Å². The van der Waals surface area contributed by atoms with Gasteiger partial charge in [-0.15, -0.1) is 0 Å². The number of nitrogens with one attached hydrogen (secondary N) is 1. The third-order valence-electron chi connectivity index (χ3n) is 2.74. The molecule has 0 unspecified atom stereocenters. The van der Waals surface area contributed by atoms with Gasteiger partial charge in [0.15, 0.2) is 0 Å². The van der Waals surface area contributed by atoms with Gasteiger partial charge in [0.2, 0.25) is 5.88 Å². The van der Waals surface area contributed by atoms with Crippen molar-refractivity contribution in [2.24, 2.45) is 0 Å². The van der Waals surface area contributed by atoms with E-state index in [0.717, 1.165) is 17.9 Å². The van der Waals surface area contributed by atoms with Crippen LogP contribution in [-0.4, -0.2) is 16.5 Å². The first-order valence-electron chi connectivity index (χ1n) is 6.11. The van der Waals surface area contributed by atoms with Gasteiger partial charge in [0.25, 0.3) is 0 Å². The minimum absolute atomic E-state index is 0.295. The summed E-state index contributed by atoms with van der Waals surface area (Å²) in [6.45, 7) is 6.31. The fourth-order valence-corrected chi connectivity index (χ4v) is 1.63. The van der Waals surface area contributed by atoms with Gasteiger partial charge < -0.3 is 10.1 Å². The van der Waals surface area contributed by atoms with Crippen LogP contribution in [0.15, 0.2) is 24.5 Å². The molecule has 0 bridgehead atoms. The largest absolute Gasteiger partial charge is 0.438 e. The fraction of sp³-hybridized carbons (Fsp3) is 0.286. The van der Waals surface area contributed by atoms with E-state index in [4.69, 9.17) is 4.74 Å². The van der Waals surface area contributed by atoms with E-state index in [9.17, 15) is 4.39 Å². The van der Waals surface area contributed by atoms with E-state index < -0.39 is 0 Å². The second kappa shape index (κ2) is 5.65. The summed E-state index contributed by atoms with van der Waals surface area (Å²) in [5.41, 5.74) is 1.38. The summed E-state index contributed by atoms with van der Waals surface area (Å²) < 4.78 is 19.1. The van der Waals surface area contributed by atoms with E-state index in [2.05, 4.69) is 15.3 Å². The molecule has 0 radical (unpaired) electrons. The number of aryl methyl sites for hydroxylation is 1. The lowest BCUT2D eigenvalue weighted by Crippen LogP contribution is -2.03. The molecule has 0 saturated carbocycles. The summed E-state index contributed by atoms with van der Waals surface area (Å²) in [5.74, 6) is 1.28. The standard InChI is InChI=1S/C14H16FN3O/c1-4-16-13-10(3)14(18-8-17-13)19-11-6-5-9(2)12(15)7-11/h5-8H,4H2,1-3H3,(H,16,17,18). The van der Waals surface area contributed by atoms with Gasteiger partial charge in [0, 0.05) is 12.6 Å². The Morgan fingerprint density at radius 2 is 2.05 bits per heavy atom. The molecule has 5 heteroatoms. The highest BCUT2D eigenvalue weighted by Gasteiger charge is 2.09. The number of halogens is 1. The van der Waals surface area contributed by atoms with Crippen LogP contribution in [0.25, 0.3) is 0 Å². The third kappa shape index (κ3) is 2.99. The normalized spacial score (nSPS) is 10.3. The van der Waals surface area contributed by atoms with Gasteiger partial charge in [0.1, 0.15) is 23.7 Å². The van der Waals surface area contributed by atoms with Gasteiger partial charge in [-0.2, -0.15) is 0 Å². The summed E-state index contributed by atoms with van der Waals surface area (Å²) >= 11 is 0. The Morgan fingerprint density at radius 1 is 1.26 bits per heavy atom. The first-order valence-corrected chi connectivity index (χ1v) is 6.11. The van der Waals surface area contributed by atoms with Gasteiger partial charge in [-0.25, -0.2) is 14.4 Å². The number of aromatic nitrogens is 2. The molecule has 2 rings (SSSR count). The van der Waals surface area contributed by atoms with Gasteiger partial charge >= 0.3 is 0 Å². The summed E-state index contributed by atoms with van der Waals surface area (Å²) in [6, 6.07) is 4.74. The average molecular weight is 261 g/mol. The summed E-state index contributed by atoms with van der Waals surface area (Å²) in [4.78, 5) is 8.20. The number of anilines is 1. The zero-order chi connectivity index (χ0) is 13.8. The zero-order valence-electron chi connectivity index (χ0n) is 11.2. The maximum atomic E-state index is 13.5. The number of ether oxygens (including phenoxy) is 1. The second-order valence-corrected chi connectivity index (χ2v) is 4.20. The average Bonchev–Trinajstić information content (AvgIpc) is 2.39. The van der Waals surface area contributed by atoms with Crippen molar-refractivity contribution in [1.29, 1.82) is 0 Å². The van der Waals surface area contributed by atoms with Gasteiger partial charge in [-0.1, -0.05) is 6.07 Å². The smallest absolute Gasteiger partial charge is 0.227 e. The summed E-state index contributed by atoms with van der Waals surface area (Å²) in [7, 11) is 0. The lowest BCUT2D eigenvalue weighted by atomic mass is 10.2. The molecule has 0 saturated heterocycles. The molecule has 1 aromatic carbocycles. The number of rotatable bonds is 4. The Bertz CT molecular complexity index is 587. The van der Waals surface area contributed by atoms with Crippen LogP contribution in [0, 0.1) is 19.7 Å². The van der Waals surface area contributed by atoms with Crippen LogP contribution >= 0.6 is 0 Å². The summed E-state index contributed by atoms with van der Waals surface area (Å²) in [6.07, 6.45) is 1.42. The van der Waals surface area contributed by atoms with Crippen LogP contribution in [0.2, 0.25) is 0 Å². The Kier molecular flexibility index (Phi) is 3.94. The number of nitrogens with zero attached hydrogens (tertiary/aromatic N) is 2. The maximum Gasteiger partial charge on any atom is 0.227 e. The summed E-state index contributed by atoms with van der Waals surface area (Å²) in [5, 5.41) is 3.12. The van der Waals surface area contributed by atoms with Crippen LogP contribution in [0.4, 0.5) is 10.2 Å². The van der Waals surface area contributed by atoms with Crippen molar-refractivity contribution in [2.75, 3.05) is 11.9 Å². The molecule has 0 aliphatic carbocycles. The van der Waals surface area contributed by atoms with Crippen molar-refractivity contribution in [1.82, 2.24) is 9.97 Å². The van der Waals surface area contributed by atoms with Crippen molar-refractivity contribution in [3.05, 3.63) is 41.5 Å². The van der Waals surface area contributed by atoms with Crippen LogP contribution in [0.3, 0.4) is 0 Å². The SMILES string of the molecule is CCNc1ncnc(Oc2ccc(C)c(F)c2)c1C. The molecule has 0 spiro atoms. The van der Waals surface area contributed by atoms with E-state index in [1.807, 2.05) is 13.8 Å². The monoisotopic (exact) mass is 261 g/mol. The number of benzene rings is 1. The highest BCUT2D eigenvalue weighted by Crippen LogP contribution is 2.26. The molecule has 4 nitrogen and oxygen atoms in total. The van der Waals surface area contributed by atoms with E-state index in [0.29, 0.717) is 17.2 Å². The Morgan fingerprint density at radius 3 is 2.74 bits per heavy atom. The molecule has 2 aromatic rings. The minimum Gasteiger partial charge on any atom is -0.438 e. The molecule has 100 valence electrons.